The average Bonchev–Trinajstić information content (AvgIpc) is 3.43. The average molecular weight is 533 g/mol. The van der Waals surface area contributed by atoms with E-state index in [-0.39, 0.29) is 23.9 Å². The van der Waals surface area contributed by atoms with Crippen LogP contribution in [0.15, 0.2) is 42.6 Å². The Morgan fingerprint density at radius 3 is 2.71 bits per heavy atom. The van der Waals surface area contributed by atoms with E-state index in [1.807, 2.05) is 31.3 Å². The molecular weight excluding hydrogens is 508 g/mol. The molecule has 2 aromatic carbocycles. The Balaban J connectivity index is 1.51. The molecule has 1 aromatic heterocycles. The van der Waals surface area contributed by atoms with Crippen LogP contribution in [0, 0.1) is 9.39 Å². The third kappa shape index (κ3) is 4.33. The van der Waals surface area contributed by atoms with Gasteiger partial charge in [-0.3, -0.25) is 9.59 Å². The summed E-state index contributed by atoms with van der Waals surface area (Å²) in [7, 11) is 1.76. The van der Waals surface area contributed by atoms with Crippen LogP contribution in [-0.2, 0) is 4.79 Å². The Hall–Kier alpha value is -2.42. The number of carbonyl (C=O) groups excluding carboxylic acids is 2. The van der Waals surface area contributed by atoms with E-state index in [1.165, 1.54) is 6.07 Å². The molecule has 7 heteroatoms. The Bertz CT molecular complexity index is 1140. The van der Waals surface area contributed by atoms with Crippen molar-refractivity contribution in [2.24, 2.45) is 0 Å². The van der Waals surface area contributed by atoms with E-state index < -0.39 is 5.82 Å². The summed E-state index contributed by atoms with van der Waals surface area (Å²) in [6.07, 6.45) is 4.72. The fraction of sp³-hybridized carbons (Fsp3) is 0.333. The van der Waals surface area contributed by atoms with Crippen molar-refractivity contribution in [1.82, 2.24) is 15.2 Å². The molecule has 0 aliphatic heterocycles. The van der Waals surface area contributed by atoms with E-state index in [4.69, 9.17) is 0 Å². The van der Waals surface area contributed by atoms with Gasteiger partial charge in [0.15, 0.2) is 0 Å². The third-order valence-electron chi connectivity index (χ3n) is 6.13. The maximum absolute atomic E-state index is 15.1. The van der Waals surface area contributed by atoms with E-state index >= 15 is 4.39 Å². The van der Waals surface area contributed by atoms with Gasteiger partial charge in [0.25, 0.3) is 5.91 Å². The largest absolute Gasteiger partial charge is 0.361 e. The van der Waals surface area contributed by atoms with Crippen molar-refractivity contribution in [2.45, 2.75) is 44.7 Å². The fourth-order valence-electron chi connectivity index (χ4n) is 4.31. The van der Waals surface area contributed by atoms with Gasteiger partial charge >= 0.3 is 0 Å². The molecule has 1 unspecified atom stereocenters. The number of hydrogen-bond acceptors (Lipinski definition) is 2. The molecule has 1 aliphatic carbocycles. The van der Waals surface area contributed by atoms with Crippen LogP contribution in [0.25, 0.3) is 22.0 Å². The smallest absolute Gasteiger partial charge is 0.253 e. The number of aromatic amines is 1. The van der Waals surface area contributed by atoms with E-state index in [2.05, 4.69) is 32.9 Å². The Kier molecular flexibility index (Phi) is 6.31. The highest BCUT2D eigenvalue weighted by Crippen LogP contribution is 2.33. The maximum Gasteiger partial charge on any atom is 0.253 e. The number of amides is 2. The molecule has 162 valence electrons. The summed E-state index contributed by atoms with van der Waals surface area (Å²) < 4.78 is 16.0. The predicted molar refractivity (Wildman–Crippen MR) is 128 cm³/mol. The lowest BCUT2D eigenvalue weighted by Gasteiger charge is -2.25. The number of halogens is 2. The van der Waals surface area contributed by atoms with Crippen molar-refractivity contribution in [3.05, 3.63) is 57.5 Å². The number of nitrogens with zero attached hydrogens (tertiary/aromatic N) is 1. The number of rotatable bonds is 5. The molecule has 2 N–H and O–H groups in total. The van der Waals surface area contributed by atoms with Crippen molar-refractivity contribution in [1.29, 1.82) is 0 Å². The fourth-order valence-corrected chi connectivity index (χ4v) is 5.25. The third-order valence-corrected chi connectivity index (χ3v) is 7.30. The Morgan fingerprint density at radius 1 is 1.19 bits per heavy atom. The minimum atomic E-state index is -0.411. The van der Waals surface area contributed by atoms with E-state index in [0.29, 0.717) is 17.5 Å². The lowest BCUT2D eigenvalue weighted by Crippen LogP contribution is -2.38. The van der Waals surface area contributed by atoms with E-state index in [0.717, 1.165) is 39.3 Å². The number of fused-ring (bicyclic) bond motifs is 1. The number of aromatic nitrogens is 1. The number of H-pyrrole nitrogens is 1. The molecule has 0 saturated heterocycles. The second-order valence-corrected chi connectivity index (χ2v) is 9.14. The predicted octanol–water partition coefficient (Wildman–Crippen LogP) is 5.10. The molecular formula is C24H25FIN3O2. The molecule has 0 bridgehead atoms. The number of benzene rings is 2. The van der Waals surface area contributed by atoms with Crippen LogP contribution in [0.2, 0.25) is 0 Å². The van der Waals surface area contributed by atoms with Crippen LogP contribution in [0.1, 0.15) is 43.0 Å². The number of hydrogen-bond donors (Lipinski definition) is 2. The summed E-state index contributed by atoms with van der Waals surface area (Å²) in [6, 6.07) is 10.7. The first-order valence-electron chi connectivity index (χ1n) is 10.5. The highest BCUT2D eigenvalue weighted by molar-refractivity contribution is 14.1. The minimum absolute atomic E-state index is 0.0322. The quantitative estimate of drug-likeness (QED) is 0.449. The molecule has 2 atom stereocenters. The molecule has 0 spiro atoms. The van der Waals surface area contributed by atoms with Gasteiger partial charge in [-0.2, -0.15) is 0 Å². The summed E-state index contributed by atoms with van der Waals surface area (Å²) in [6.45, 7) is 1.83. The second kappa shape index (κ2) is 8.98. The van der Waals surface area contributed by atoms with Crippen LogP contribution >= 0.6 is 22.6 Å². The summed E-state index contributed by atoms with van der Waals surface area (Å²) >= 11 is 2.23. The molecule has 4 rings (SSSR count). The molecule has 2 amide bonds. The molecule has 1 heterocycles. The first-order chi connectivity index (χ1) is 14.9. The molecule has 1 aliphatic rings. The van der Waals surface area contributed by atoms with Crippen molar-refractivity contribution in [3.8, 4) is 11.1 Å². The monoisotopic (exact) mass is 533 g/mol. The van der Waals surface area contributed by atoms with Gasteiger partial charge in [-0.05, 0) is 71.7 Å². The zero-order valence-electron chi connectivity index (χ0n) is 17.5. The number of nitrogens with one attached hydrogen (secondary N) is 2. The summed E-state index contributed by atoms with van der Waals surface area (Å²) in [5, 5.41) is 4.05. The van der Waals surface area contributed by atoms with Crippen molar-refractivity contribution >= 4 is 45.3 Å². The molecule has 31 heavy (non-hydrogen) atoms. The summed E-state index contributed by atoms with van der Waals surface area (Å²) in [4.78, 5) is 29.5. The molecule has 0 radical (unpaired) electrons. The SMILES string of the molecule is CCC(=O)N[C@@H]1CCC(N(C)C(=O)c2ccc(-c3ccc4[nH]ccc4c3I)c(F)c2)C1. The molecule has 1 fully saturated rings. The van der Waals surface area contributed by atoms with E-state index in [9.17, 15) is 9.59 Å². The van der Waals surface area contributed by atoms with Gasteiger partial charge in [0, 0.05) is 57.3 Å². The maximum atomic E-state index is 15.1. The minimum Gasteiger partial charge on any atom is -0.361 e. The topological polar surface area (TPSA) is 65.2 Å². The van der Waals surface area contributed by atoms with Crippen molar-refractivity contribution < 1.29 is 14.0 Å². The zero-order valence-corrected chi connectivity index (χ0v) is 19.7. The number of carbonyl (C=O) groups is 2. The first-order valence-corrected chi connectivity index (χ1v) is 11.6. The normalized spacial score (nSPS) is 18.3. The molecule has 3 aromatic rings. The summed E-state index contributed by atoms with van der Waals surface area (Å²) in [5.74, 6) is -0.579. The van der Waals surface area contributed by atoms with Crippen LogP contribution in [0.4, 0.5) is 4.39 Å². The van der Waals surface area contributed by atoms with Gasteiger partial charge in [-0.15, -0.1) is 0 Å². The van der Waals surface area contributed by atoms with Gasteiger partial charge in [-0.25, -0.2) is 4.39 Å². The van der Waals surface area contributed by atoms with E-state index in [1.54, 1.807) is 24.1 Å². The highest BCUT2D eigenvalue weighted by atomic mass is 127. The first kappa shape index (κ1) is 21.8. The Labute approximate surface area is 194 Å². The van der Waals surface area contributed by atoms with Gasteiger partial charge in [0.05, 0.1) is 0 Å². The molecule has 1 saturated carbocycles. The lowest BCUT2D eigenvalue weighted by atomic mass is 10.0. The van der Waals surface area contributed by atoms with Crippen molar-refractivity contribution in [2.75, 3.05) is 7.05 Å². The van der Waals surface area contributed by atoms with Gasteiger partial charge in [-0.1, -0.05) is 19.1 Å². The zero-order chi connectivity index (χ0) is 22.1. The van der Waals surface area contributed by atoms with Crippen LogP contribution in [0.5, 0.6) is 0 Å². The lowest BCUT2D eigenvalue weighted by molar-refractivity contribution is -0.121. The van der Waals surface area contributed by atoms with Gasteiger partial charge in [0.2, 0.25) is 5.91 Å². The Morgan fingerprint density at radius 2 is 1.97 bits per heavy atom. The highest BCUT2D eigenvalue weighted by Gasteiger charge is 2.31. The summed E-state index contributed by atoms with van der Waals surface area (Å²) in [5.41, 5.74) is 2.63. The van der Waals surface area contributed by atoms with Crippen LogP contribution < -0.4 is 5.32 Å². The van der Waals surface area contributed by atoms with Crippen molar-refractivity contribution in [3.63, 3.8) is 0 Å². The van der Waals surface area contributed by atoms with Crippen LogP contribution in [0.3, 0.4) is 0 Å². The van der Waals surface area contributed by atoms with Gasteiger partial charge < -0.3 is 15.2 Å². The molecule has 5 nitrogen and oxygen atoms in total. The van der Waals surface area contributed by atoms with Gasteiger partial charge in [0.1, 0.15) is 5.82 Å². The second-order valence-electron chi connectivity index (χ2n) is 8.06. The standard InChI is InChI=1S/C24H25FIN3O2/c1-3-22(30)28-15-5-6-16(13-15)29(2)24(31)14-4-7-17(20(25)12-14)18-8-9-21-19(23(18)26)10-11-27-21/h4,7-12,15-16,27H,3,5-6,13H2,1-2H3,(H,28,30)/t15-,16?/m1/s1. The van der Waals surface area contributed by atoms with Crippen LogP contribution in [-0.4, -0.2) is 40.8 Å².